The Hall–Kier alpha value is -0.170. The van der Waals surface area contributed by atoms with Crippen LogP contribution in [-0.4, -0.2) is 46.0 Å². The zero-order chi connectivity index (χ0) is 10.7. The van der Waals surface area contributed by atoms with E-state index in [4.69, 9.17) is 4.74 Å². The lowest BCUT2D eigenvalue weighted by atomic mass is 10.2. The molecule has 5 nitrogen and oxygen atoms in total. The van der Waals surface area contributed by atoms with Crippen LogP contribution in [0, 0.1) is 0 Å². The summed E-state index contributed by atoms with van der Waals surface area (Å²) in [5.74, 6) is 0. The minimum atomic E-state index is -3.14. The quantitative estimate of drug-likeness (QED) is 0.687. The summed E-state index contributed by atoms with van der Waals surface area (Å²) in [6.07, 6.45) is 2.13. The summed E-state index contributed by atoms with van der Waals surface area (Å²) in [4.78, 5) is 0. The lowest BCUT2D eigenvalue weighted by molar-refractivity contribution is 0.0981. The van der Waals surface area contributed by atoms with E-state index in [0.717, 1.165) is 19.5 Å². The molecular formula is C9H18N2O3S. The topological polar surface area (TPSA) is 67.4 Å². The van der Waals surface area contributed by atoms with Crippen LogP contribution < -0.4 is 10.0 Å². The predicted octanol–water partition coefficient (Wildman–Crippen LogP) is -0.553. The molecule has 6 heteroatoms. The van der Waals surface area contributed by atoms with Gasteiger partial charge in [-0.1, -0.05) is 0 Å². The van der Waals surface area contributed by atoms with Crippen LogP contribution in [0.2, 0.25) is 0 Å². The molecule has 0 unspecified atom stereocenters. The fourth-order valence-electron chi connectivity index (χ4n) is 2.07. The zero-order valence-corrected chi connectivity index (χ0v) is 9.55. The average molecular weight is 234 g/mol. The molecule has 0 aromatic rings. The first-order valence-electron chi connectivity index (χ1n) is 5.48. The van der Waals surface area contributed by atoms with Gasteiger partial charge < -0.3 is 10.1 Å². The van der Waals surface area contributed by atoms with Crippen LogP contribution in [0.5, 0.6) is 0 Å². The van der Waals surface area contributed by atoms with Gasteiger partial charge in [0, 0.05) is 25.8 Å². The number of sulfonamides is 1. The van der Waals surface area contributed by atoms with E-state index >= 15 is 0 Å². The van der Waals surface area contributed by atoms with Gasteiger partial charge in [0.25, 0.3) is 0 Å². The Morgan fingerprint density at radius 1 is 1.20 bits per heavy atom. The summed E-state index contributed by atoms with van der Waals surface area (Å²) in [5, 5.41) is 2.89. The highest BCUT2D eigenvalue weighted by atomic mass is 32.2. The standard InChI is InChI=1S/C9H18N2O3S/c12-15(13,9-2-5-14-6-3-9)11-8-1-4-10-7-8/h8-11H,1-7H2/t8-/m0/s1. The van der Waals surface area contributed by atoms with Crippen LogP contribution in [0.1, 0.15) is 19.3 Å². The van der Waals surface area contributed by atoms with Gasteiger partial charge in [0.2, 0.25) is 10.0 Å². The second-order valence-corrected chi connectivity index (χ2v) is 6.16. The van der Waals surface area contributed by atoms with E-state index in [1.807, 2.05) is 0 Å². The molecule has 0 radical (unpaired) electrons. The maximum Gasteiger partial charge on any atom is 0.214 e. The van der Waals surface area contributed by atoms with Crippen molar-refractivity contribution in [1.82, 2.24) is 10.0 Å². The Labute approximate surface area is 90.6 Å². The normalized spacial score (nSPS) is 29.5. The minimum absolute atomic E-state index is 0.0813. The van der Waals surface area contributed by atoms with Crippen molar-refractivity contribution in [2.45, 2.75) is 30.6 Å². The molecule has 15 heavy (non-hydrogen) atoms. The highest BCUT2D eigenvalue weighted by Crippen LogP contribution is 2.15. The predicted molar refractivity (Wildman–Crippen MR) is 57.2 cm³/mol. The number of nitrogens with one attached hydrogen (secondary N) is 2. The van der Waals surface area contributed by atoms with E-state index < -0.39 is 10.0 Å². The highest BCUT2D eigenvalue weighted by Gasteiger charge is 2.30. The largest absolute Gasteiger partial charge is 0.381 e. The number of hydrogen-bond acceptors (Lipinski definition) is 4. The molecule has 2 aliphatic heterocycles. The second-order valence-electron chi connectivity index (χ2n) is 4.16. The second kappa shape index (κ2) is 4.78. The summed E-state index contributed by atoms with van der Waals surface area (Å²) in [6, 6.07) is 0.0813. The first kappa shape index (κ1) is 11.3. The highest BCUT2D eigenvalue weighted by molar-refractivity contribution is 7.90. The van der Waals surface area contributed by atoms with Gasteiger partial charge in [0.15, 0.2) is 0 Å². The van der Waals surface area contributed by atoms with E-state index in [1.54, 1.807) is 0 Å². The molecule has 0 amide bonds. The van der Waals surface area contributed by atoms with E-state index in [-0.39, 0.29) is 11.3 Å². The Bertz CT molecular complexity index is 292. The molecule has 0 bridgehead atoms. The fourth-order valence-corrected chi connectivity index (χ4v) is 3.74. The summed E-state index contributed by atoms with van der Waals surface area (Å²) in [7, 11) is -3.14. The van der Waals surface area contributed by atoms with Gasteiger partial charge in [-0.2, -0.15) is 0 Å². The molecule has 2 fully saturated rings. The van der Waals surface area contributed by atoms with Gasteiger partial charge >= 0.3 is 0 Å². The molecule has 2 saturated heterocycles. The van der Waals surface area contributed by atoms with Gasteiger partial charge in [-0.05, 0) is 25.8 Å². The van der Waals surface area contributed by atoms with Gasteiger partial charge in [0.05, 0.1) is 5.25 Å². The molecule has 0 spiro atoms. The maximum atomic E-state index is 11.9. The van der Waals surface area contributed by atoms with Crippen LogP contribution >= 0.6 is 0 Å². The van der Waals surface area contributed by atoms with Gasteiger partial charge in [-0.15, -0.1) is 0 Å². The van der Waals surface area contributed by atoms with Crippen molar-refractivity contribution in [3.63, 3.8) is 0 Å². The summed E-state index contributed by atoms with van der Waals surface area (Å²) in [6.45, 7) is 2.78. The van der Waals surface area contributed by atoms with Crippen LogP contribution in [0.25, 0.3) is 0 Å². The zero-order valence-electron chi connectivity index (χ0n) is 8.74. The maximum absolute atomic E-state index is 11.9. The Morgan fingerprint density at radius 2 is 1.93 bits per heavy atom. The van der Waals surface area contributed by atoms with Crippen molar-refractivity contribution in [2.75, 3.05) is 26.3 Å². The van der Waals surface area contributed by atoms with Crippen molar-refractivity contribution in [2.24, 2.45) is 0 Å². The minimum Gasteiger partial charge on any atom is -0.381 e. The third-order valence-electron chi connectivity index (χ3n) is 3.00. The molecule has 0 aliphatic carbocycles. The van der Waals surface area contributed by atoms with Gasteiger partial charge in [0.1, 0.15) is 0 Å². The van der Waals surface area contributed by atoms with Crippen molar-refractivity contribution < 1.29 is 13.2 Å². The Morgan fingerprint density at radius 3 is 2.53 bits per heavy atom. The van der Waals surface area contributed by atoms with E-state index in [2.05, 4.69) is 10.0 Å². The first-order valence-corrected chi connectivity index (χ1v) is 7.03. The van der Waals surface area contributed by atoms with E-state index in [1.165, 1.54) is 0 Å². The average Bonchev–Trinajstić information content (AvgIpc) is 2.71. The van der Waals surface area contributed by atoms with E-state index in [0.29, 0.717) is 26.1 Å². The molecule has 0 aromatic heterocycles. The summed E-state index contributed by atoms with van der Waals surface area (Å²) in [5.41, 5.74) is 0. The third-order valence-corrected chi connectivity index (χ3v) is 5.01. The van der Waals surface area contributed by atoms with Crippen molar-refractivity contribution in [3.8, 4) is 0 Å². The number of ether oxygens (including phenoxy) is 1. The molecule has 88 valence electrons. The molecule has 2 N–H and O–H groups in total. The molecule has 2 rings (SSSR count). The Kier molecular flexibility index (Phi) is 3.60. The number of rotatable bonds is 3. The smallest absolute Gasteiger partial charge is 0.214 e. The SMILES string of the molecule is O=S(=O)(N[C@H]1CCNC1)C1CCOCC1. The van der Waals surface area contributed by atoms with Crippen molar-refractivity contribution in [3.05, 3.63) is 0 Å². The van der Waals surface area contributed by atoms with Crippen molar-refractivity contribution in [1.29, 1.82) is 0 Å². The Balaban J connectivity index is 1.92. The molecule has 2 heterocycles. The molecule has 0 saturated carbocycles. The molecule has 2 aliphatic rings. The summed E-state index contributed by atoms with van der Waals surface area (Å²) < 4.78 is 31.8. The lowest BCUT2D eigenvalue weighted by Gasteiger charge is -2.24. The van der Waals surface area contributed by atoms with Gasteiger partial charge in [-0.25, -0.2) is 13.1 Å². The van der Waals surface area contributed by atoms with Crippen LogP contribution in [0.4, 0.5) is 0 Å². The van der Waals surface area contributed by atoms with Crippen LogP contribution in [0.3, 0.4) is 0 Å². The molecule has 0 aromatic carbocycles. The summed E-state index contributed by atoms with van der Waals surface area (Å²) >= 11 is 0. The number of hydrogen-bond donors (Lipinski definition) is 2. The lowest BCUT2D eigenvalue weighted by Crippen LogP contribution is -2.43. The monoisotopic (exact) mass is 234 g/mol. The molecular weight excluding hydrogens is 216 g/mol. The first-order chi connectivity index (χ1) is 7.18. The van der Waals surface area contributed by atoms with Gasteiger partial charge in [-0.3, -0.25) is 0 Å². The van der Waals surface area contributed by atoms with Crippen LogP contribution in [0.15, 0.2) is 0 Å². The fraction of sp³-hybridized carbons (Fsp3) is 1.00. The van der Waals surface area contributed by atoms with Crippen molar-refractivity contribution >= 4 is 10.0 Å². The third kappa shape index (κ3) is 2.90. The van der Waals surface area contributed by atoms with Crippen LogP contribution in [-0.2, 0) is 14.8 Å². The van der Waals surface area contributed by atoms with E-state index in [9.17, 15) is 8.42 Å². The molecule has 1 atom stereocenters.